The molecule has 1 aliphatic rings. The maximum atomic E-state index is 13.0. The third kappa shape index (κ3) is 2.23. The lowest BCUT2D eigenvalue weighted by Gasteiger charge is -2.20. The van der Waals surface area contributed by atoms with Crippen LogP contribution in [0.5, 0.6) is 0 Å². The van der Waals surface area contributed by atoms with Crippen LogP contribution in [0, 0.1) is 5.82 Å². The molecule has 0 aromatic heterocycles. The van der Waals surface area contributed by atoms with Gasteiger partial charge in [-0.2, -0.15) is 4.31 Å². The monoisotopic (exact) mass is 273 g/mol. The maximum Gasteiger partial charge on any atom is 0.322 e. The van der Waals surface area contributed by atoms with E-state index in [4.69, 9.17) is 5.11 Å². The van der Waals surface area contributed by atoms with Crippen LogP contribution in [0.3, 0.4) is 0 Å². The second-order valence-corrected chi connectivity index (χ2v) is 5.96. The molecule has 7 heteroatoms. The third-order valence-electron chi connectivity index (χ3n) is 2.89. The van der Waals surface area contributed by atoms with Gasteiger partial charge in [0.05, 0.1) is 4.90 Å². The molecule has 1 N–H and O–H groups in total. The molecule has 0 radical (unpaired) electrons. The minimum atomic E-state index is -3.94. The topological polar surface area (TPSA) is 74.7 Å². The minimum Gasteiger partial charge on any atom is -0.480 e. The summed E-state index contributed by atoms with van der Waals surface area (Å²) in [6.45, 7) is 0.149. The molecule has 98 valence electrons. The van der Waals surface area contributed by atoms with E-state index in [1.165, 1.54) is 12.1 Å². The Bertz CT molecular complexity index is 572. The Kier molecular flexibility index (Phi) is 3.36. The van der Waals surface area contributed by atoms with E-state index >= 15 is 0 Å². The molecule has 5 nitrogen and oxygen atoms in total. The van der Waals surface area contributed by atoms with Crippen LogP contribution < -0.4 is 0 Å². The van der Waals surface area contributed by atoms with E-state index in [1.54, 1.807) is 0 Å². The van der Waals surface area contributed by atoms with Crippen LogP contribution in [-0.4, -0.2) is 36.4 Å². The Balaban J connectivity index is 2.40. The van der Waals surface area contributed by atoms with Gasteiger partial charge in [-0.25, -0.2) is 12.8 Å². The second-order valence-electron chi connectivity index (χ2n) is 4.07. The summed E-state index contributed by atoms with van der Waals surface area (Å²) >= 11 is 0. The van der Waals surface area contributed by atoms with E-state index in [1.807, 2.05) is 0 Å². The zero-order valence-corrected chi connectivity index (χ0v) is 10.2. The molecule has 1 heterocycles. The molecule has 0 bridgehead atoms. The molecule has 0 unspecified atom stereocenters. The number of carbonyl (C=O) groups is 1. The standard InChI is InChI=1S/C11H12FNO4S/c12-8-3-1-4-9(7-8)18(16,17)13-6-2-5-10(13)11(14)15/h1,3-4,7,10H,2,5-6H2,(H,14,15)/t10-/m1/s1. The van der Waals surface area contributed by atoms with Crippen LogP contribution in [0.25, 0.3) is 0 Å². The highest BCUT2D eigenvalue weighted by Crippen LogP contribution is 2.26. The van der Waals surface area contributed by atoms with Crippen LogP contribution in [-0.2, 0) is 14.8 Å². The Labute approximate surface area is 104 Å². The van der Waals surface area contributed by atoms with Crippen molar-refractivity contribution >= 4 is 16.0 Å². The van der Waals surface area contributed by atoms with Crippen LogP contribution >= 0.6 is 0 Å². The van der Waals surface area contributed by atoms with Crippen molar-refractivity contribution in [3.05, 3.63) is 30.1 Å². The van der Waals surface area contributed by atoms with Gasteiger partial charge in [-0.1, -0.05) is 6.07 Å². The van der Waals surface area contributed by atoms with Gasteiger partial charge in [-0.05, 0) is 31.0 Å². The molecular weight excluding hydrogens is 261 g/mol. The number of carboxylic acids is 1. The van der Waals surface area contributed by atoms with Crippen LogP contribution in [0.15, 0.2) is 29.2 Å². The van der Waals surface area contributed by atoms with Gasteiger partial charge in [0, 0.05) is 6.54 Å². The zero-order valence-electron chi connectivity index (χ0n) is 9.41. The van der Waals surface area contributed by atoms with Gasteiger partial charge in [0.2, 0.25) is 10.0 Å². The summed E-state index contributed by atoms with van der Waals surface area (Å²) in [6.07, 6.45) is 0.773. The van der Waals surface area contributed by atoms with Crippen LogP contribution in [0.4, 0.5) is 4.39 Å². The number of hydrogen-bond acceptors (Lipinski definition) is 3. The molecule has 18 heavy (non-hydrogen) atoms. The number of nitrogens with zero attached hydrogens (tertiary/aromatic N) is 1. The molecule has 0 saturated carbocycles. The Hall–Kier alpha value is -1.47. The van der Waals surface area contributed by atoms with Crippen LogP contribution in [0.1, 0.15) is 12.8 Å². The molecule has 1 fully saturated rings. The summed E-state index contributed by atoms with van der Waals surface area (Å²) in [4.78, 5) is 10.8. The molecular formula is C11H12FNO4S. The highest BCUT2D eigenvalue weighted by Gasteiger charge is 2.39. The maximum absolute atomic E-state index is 13.0. The smallest absolute Gasteiger partial charge is 0.322 e. The zero-order chi connectivity index (χ0) is 13.3. The molecule has 1 aromatic rings. The van der Waals surface area contributed by atoms with Gasteiger partial charge in [0.25, 0.3) is 0 Å². The summed E-state index contributed by atoms with van der Waals surface area (Å²) in [6, 6.07) is 3.52. The van der Waals surface area contributed by atoms with E-state index < -0.39 is 27.9 Å². The summed E-state index contributed by atoms with van der Waals surface area (Å²) in [7, 11) is -3.94. The molecule has 1 aromatic carbocycles. The fourth-order valence-corrected chi connectivity index (χ4v) is 3.72. The van der Waals surface area contributed by atoms with Crippen molar-refractivity contribution in [3.63, 3.8) is 0 Å². The summed E-state index contributed by atoms with van der Waals surface area (Å²) < 4.78 is 38.4. The van der Waals surface area contributed by atoms with Gasteiger partial charge in [0.1, 0.15) is 11.9 Å². The van der Waals surface area contributed by atoms with Gasteiger partial charge in [-0.3, -0.25) is 4.79 Å². The van der Waals surface area contributed by atoms with Gasteiger partial charge in [-0.15, -0.1) is 0 Å². The second kappa shape index (κ2) is 4.66. The Morgan fingerprint density at radius 1 is 1.44 bits per heavy atom. The summed E-state index contributed by atoms with van der Waals surface area (Å²) in [5.41, 5.74) is 0. The molecule has 0 spiro atoms. The van der Waals surface area contributed by atoms with Crippen molar-refractivity contribution in [2.24, 2.45) is 0 Å². The molecule has 0 aliphatic carbocycles. The molecule has 0 amide bonds. The Morgan fingerprint density at radius 2 is 2.17 bits per heavy atom. The Morgan fingerprint density at radius 3 is 2.78 bits per heavy atom. The molecule has 1 atom stereocenters. The van der Waals surface area contributed by atoms with Crippen LogP contribution in [0.2, 0.25) is 0 Å². The number of benzene rings is 1. The molecule has 1 saturated heterocycles. The van der Waals surface area contributed by atoms with Gasteiger partial charge >= 0.3 is 5.97 Å². The van der Waals surface area contributed by atoms with Crippen molar-refractivity contribution in [2.75, 3.05) is 6.54 Å². The van der Waals surface area contributed by atoms with E-state index in [-0.39, 0.29) is 17.9 Å². The first-order valence-corrected chi connectivity index (χ1v) is 6.87. The van der Waals surface area contributed by atoms with E-state index in [2.05, 4.69) is 0 Å². The predicted molar refractivity (Wildman–Crippen MR) is 60.9 cm³/mol. The van der Waals surface area contributed by atoms with E-state index in [0.717, 1.165) is 16.4 Å². The number of halogens is 1. The van der Waals surface area contributed by atoms with Gasteiger partial charge < -0.3 is 5.11 Å². The van der Waals surface area contributed by atoms with Crippen molar-refractivity contribution in [2.45, 2.75) is 23.8 Å². The van der Waals surface area contributed by atoms with Crippen molar-refractivity contribution in [1.29, 1.82) is 0 Å². The summed E-state index contributed by atoms with van der Waals surface area (Å²) in [5.74, 6) is -1.84. The number of aliphatic carboxylic acids is 1. The average Bonchev–Trinajstić information content (AvgIpc) is 2.78. The average molecular weight is 273 g/mol. The fraction of sp³-hybridized carbons (Fsp3) is 0.364. The molecule has 1 aliphatic heterocycles. The number of carboxylic acid groups (broad SMARTS) is 1. The first kappa shape index (κ1) is 13.0. The highest BCUT2D eigenvalue weighted by atomic mass is 32.2. The number of rotatable bonds is 3. The first-order chi connectivity index (χ1) is 8.43. The lowest BCUT2D eigenvalue weighted by atomic mass is 10.2. The normalized spacial score (nSPS) is 21.1. The quantitative estimate of drug-likeness (QED) is 0.893. The highest BCUT2D eigenvalue weighted by molar-refractivity contribution is 7.89. The molecule has 2 rings (SSSR count). The van der Waals surface area contributed by atoms with Crippen molar-refractivity contribution < 1.29 is 22.7 Å². The largest absolute Gasteiger partial charge is 0.480 e. The third-order valence-corrected chi connectivity index (χ3v) is 4.80. The van der Waals surface area contributed by atoms with E-state index in [9.17, 15) is 17.6 Å². The van der Waals surface area contributed by atoms with Crippen molar-refractivity contribution in [3.8, 4) is 0 Å². The fourth-order valence-electron chi connectivity index (χ4n) is 2.04. The summed E-state index contributed by atoms with van der Waals surface area (Å²) in [5, 5.41) is 8.97. The lowest BCUT2D eigenvalue weighted by Crippen LogP contribution is -2.40. The SMILES string of the molecule is O=C(O)[C@H]1CCCN1S(=O)(=O)c1cccc(F)c1. The minimum absolute atomic E-state index is 0.149. The lowest BCUT2D eigenvalue weighted by molar-refractivity contribution is -0.140. The number of sulfonamides is 1. The van der Waals surface area contributed by atoms with Gasteiger partial charge in [0.15, 0.2) is 0 Å². The predicted octanol–water partition coefficient (Wildman–Crippen LogP) is 1.06. The van der Waals surface area contributed by atoms with E-state index in [0.29, 0.717) is 6.42 Å². The van der Waals surface area contributed by atoms with Crippen molar-refractivity contribution in [1.82, 2.24) is 4.31 Å². The first-order valence-electron chi connectivity index (χ1n) is 5.43. The number of hydrogen-bond donors (Lipinski definition) is 1.